The van der Waals surface area contributed by atoms with E-state index in [2.05, 4.69) is 10.3 Å². The highest BCUT2D eigenvalue weighted by molar-refractivity contribution is 7.15. The van der Waals surface area contributed by atoms with Gasteiger partial charge >= 0.3 is 0 Å². The molecule has 0 amide bonds. The molecule has 1 aliphatic heterocycles. The van der Waals surface area contributed by atoms with Crippen LogP contribution in [0.25, 0.3) is 10.6 Å². The summed E-state index contributed by atoms with van der Waals surface area (Å²) in [6.45, 7) is 1.47. The molecule has 2 aromatic rings. The van der Waals surface area contributed by atoms with E-state index < -0.39 is 17.5 Å². The molecule has 0 spiro atoms. The van der Waals surface area contributed by atoms with Crippen LogP contribution in [-0.4, -0.2) is 11.5 Å². The van der Waals surface area contributed by atoms with E-state index in [-0.39, 0.29) is 10.6 Å². The van der Waals surface area contributed by atoms with E-state index in [1.165, 1.54) is 11.3 Å². The third kappa shape index (κ3) is 1.91. The molecule has 2 nitrogen and oxygen atoms in total. The molecule has 0 saturated heterocycles. The molecule has 0 unspecified atom stereocenters. The summed E-state index contributed by atoms with van der Waals surface area (Å²) in [5.74, 6) is -2.74. The van der Waals surface area contributed by atoms with Crippen molar-refractivity contribution in [1.82, 2.24) is 10.3 Å². The number of nitrogens with zero attached hydrogens (tertiary/aromatic N) is 1. The van der Waals surface area contributed by atoms with Gasteiger partial charge in [-0.15, -0.1) is 11.3 Å². The minimum absolute atomic E-state index is 0.240. The maximum absolute atomic E-state index is 13.6. The number of aromatic nitrogens is 1. The van der Waals surface area contributed by atoms with E-state index in [0.29, 0.717) is 18.7 Å². The fourth-order valence-electron chi connectivity index (χ4n) is 1.98. The van der Waals surface area contributed by atoms with E-state index in [9.17, 15) is 13.2 Å². The van der Waals surface area contributed by atoms with Crippen molar-refractivity contribution in [2.45, 2.75) is 13.0 Å². The molecule has 0 saturated carbocycles. The van der Waals surface area contributed by atoms with E-state index in [1.54, 1.807) is 0 Å². The van der Waals surface area contributed by atoms with Crippen LogP contribution in [-0.2, 0) is 13.0 Å². The quantitative estimate of drug-likeness (QED) is 0.862. The van der Waals surface area contributed by atoms with Gasteiger partial charge < -0.3 is 5.32 Å². The topological polar surface area (TPSA) is 24.9 Å². The highest BCUT2D eigenvalue weighted by Crippen LogP contribution is 2.33. The first-order valence-corrected chi connectivity index (χ1v) is 6.31. The molecular formula is C12H9F3N2S. The van der Waals surface area contributed by atoms with Crippen molar-refractivity contribution in [2.24, 2.45) is 0 Å². The van der Waals surface area contributed by atoms with E-state index in [4.69, 9.17) is 0 Å². The molecule has 1 N–H and O–H groups in total. The number of halogens is 3. The summed E-state index contributed by atoms with van der Waals surface area (Å²) >= 11 is 1.25. The lowest BCUT2D eigenvalue weighted by Gasteiger charge is -2.09. The van der Waals surface area contributed by atoms with Crippen molar-refractivity contribution in [3.05, 3.63) is 40.2 Å². The first kappa shape index (κ1) is 11.7. The molecule has 0 bridgehead atoms. The van der Waals surface area contributed by atoms with E-state index in [1.807, 2.05) is 0 Å². The Morgan fingerprint density at radius 1 is 1.17 bits per heavy atom. The summed E-state index contributed by atoms with van der Waals surface area (Å²) in [4.78, 5) is 5.23. The number of hydrogen-bond acceptors (Lipinski definition) is 3. The predicted octanol–water partition coefficient (Wildman–Crippen LogP) is 2.87. The molecule has 94 valence electrons. The minimum atomic E-state index is -0.920. The third-order valence-corrected chi connectivity index (χ3v) is 3.94. The van der Waals surface area contributed by atoms with Crippen LogP contribution in [0.5, 0.6) is 0 Å². The van der Waals surface area contributed by atoms with Crippen molar-refractivity contribution >= 4 is 11.3 Å². The largest absolute Gasteiger partial charge is 0.311 e. The van der Waals surface area contributed by atoms with Gasteiger partial charge in [0.1, 0.15) is 22.5 Å². The predicted molar refractivity (Wildman–Crippen MR) is 62.8 cm³/mol. The molecule has 18 heavy (non-hydrogen) atoms. The Balaban J connectivity index is 2.12. The smallest absolute Gasteiger partial charge is 0.139 e. The van der Waals surface area contributed by atoms with Crippen LogP contribution in [0.15, 0.2) is 12.1 Å². The molecule has 1 aromatic carbocycles. The normalized spacial score (nSPS) is 14.6. The molecule has 3 rings (SSSR count). The van der Waals surface area contributed by atoms with E-state index >= 15 is 0 Å². The third-order valence-electron chi connectivity index (χ3n) is 2.82. The van der Waals surface area contributed by atoms with Gasteiger partial charge in [-0.25, -0.2) is 18.2 Å². The van der Waals surface area contributed by atoms with Crippen LogP contribution in [0.2, 0.25) is 0 Å². The lowest BCUT2D eigenvalue weighted by atomic mass is 10.2. The zero-order valence-corrected chi connectivity index (χ0v) is 10.1. The molecule has 6 heteroatoms. The molecule has 0 aliphatic carbocycles. The first-order chi connectivity index (χ1) is 8.65. The highest BCUT2D eigenvalue weighted by Gasteiger charge is 2.21. The molecule has 1 aliphatic rings. The zero-order valence-electron chi connectivity index (χ0n) is 9.27. The standard InChI is InChI=1S/C12H9F3N2S/c13-6-3-7(14)11(8(15)4-6)12-17-9-1-2-16-5-10(9)18-12/h3-4,16H,1-2,5H2. The Morgan fingerprint density at radius 2 is 1.89 bits per heavy atom. The van der Waals surface area contributed by atoms with Gasteiger partial charge in [-0.05, 0) is 0 Å². The van der Waals surface area contributed by atoms with Crippen molar-refractivity contribution in [2.75, 3.05) is 6.54 Å². The molecular weight excluding hydrogens is 261 g/mol. The fourth-order valence-corrected chi connectivity index (χ4v) is 3.10. The van der Waals surface area contributed by atoms with Gasteiger partial charge in [-0.1, -0.05) is 0 Å². The first-order valence-electron chi connectivity index (χ1n) is 5.49. The van der Waals surface area contributed by atoms with Gasteiger partial charge in [0.15, 0.2) is 0 Å². The summed E-state index contributed by atoms with van der Waals surface area (Å²) in [6.07, 6.45) is 0.746. The maximum atomic E-state index is 13.6. The van der Waals surface area contributed by atoms with Gasteiger partial charge in [0.05, 0.1) is 11.3 Å². The summed E-state index contributed by atoms with van der Waals surface area (Å²) in [5, 5.41) is 3.44. The fraction of sp³-hybridized carbons (Fsp3) is 0.250. The van der Waals surface area contributed by atoms with E-state index in [0.717, 1.165) is 23.5 Å². The number of hydrogen-bond donors (Lipinski definition) is 1. The molecule has 0 fully saturated rings. The lowest BCUT2D eigenvalue weighted by molar-refractivity contribution is 0.548. The number of thiazole rings is 1. The van der Waals surface area contributed by atoms with Crippen LogP contribution in [0.1, 0.15) is 10.6 Å². The number of nitrogens with one attached hydrogen (secondary N) is 1. The SMILES string of the molecule is Fc1cc(F)c(-c2nc3c(s2)CNCC3)c(F)c1. The second-order valence-corrected chi connectivity index (χ2v) is 5.14. The van der Waals surface area contributed by atoms with Crippen molar-refractivity contribution in [3.63, 3.8) is 0 Å². The second-order valence-electron chi connectivity index (χ2n) is 4.06. The number of benzene rings is 1. The second kappa shape index (κ2) is 4.37. The summed E-state index contributed by atoms with van der Waals surface area (Å²) in [6, 6.07) is 1.36. The number of rotatable bonds is 1. The Bertz CT molecular complexity index is 563. The Labute approximate surface area is 105 Å². The monoisotopic (exact) mass is 270 g/mol. The van der Waals surface area contributed by atoms with Gasteiger partial charge in [0.25, 0.3) is 0 Å². The van der Waals surface area contributed by atoms with Gasteiger partial charge in [0.2, 0.25) is 0 Å². The van der Waals surface area contributed by atoms with Crippen LogP contribution in [0.3, 0.4) is 0 Å². The van der Waals surface area contributed by atoms with Gasteiger partial charge in [0, 0.05) is 36.5 Å². The molecule has 2 heterocycles. The number of fused-ring (bicyclic) bond motifs is 1. The lowest BCUT2D eigenvalue weighted by Crippen LogP contribution is -2.22. The maximum Gasteiger partial charge on any atom is 0.139 e. The van der Waals surface area contributed by atoms with Crippen LogP contribution in [0.4, 0.5) is 13.2 Å². The van der Waals surface area contributed by atoms with Crippen molar-refractivity contribution in [3.8, 4) is 10.6 Å². The Kier molecular flexibility index (Phi) is 2.83. The van der Waals surface area contributed by atoms with Gasteiger partial charge in [-0.2, -0.15) is 0 Å². The Hall–Kier alpha value is -1.40. The van der Waals surface area contributed by atoms with Crippen molar-refractivity contribution in [1.29, 1.82) is 0 Å². The van der Waals surface area contributed by atoms with Gasteiger partial charge in [-0.3, -0.25) is 0 Å². The highest BCUT2D eigenvalue weighted by atomic mass is 32.1. The molecule has 0 atom stereocenters. The summed E-state index contributed by atoms with van der Waals surface area (Å²) in [5.41, 5.74) is 0.632. The summed E-state index contributed by atoms with van der Waals surface area (Å²) < 4.78 is 40.1. The Morgan fingerprint density at radius 3 is 2.56 bits per heavy atom. The zero-order chi connectivity index (χ0) is 12.7. The van der Waals surface area contributed by atoms with Crippen molar-refractivity contribution < 1.29 is 13.2 Å². The van der Waals surface area contributed by atoms with Crippen LogP contribution >= 0.6 is 11.3 Å². The van der Waals surface area contributed by atoms with Crippen LogP contribution < -0.4 is 5.32 Å². The van der Waals surface area contributed by atoms with Crippen LogP contribution in [0, 0.1) is 17.5 Å². The molecule has 1 aromatic heterocycles. The average Bonchev–Trinajstić information content (AvgIpc) is 2.70. The molecule has 0 radical (unpaired) electrons. The summed E-state index contributed by atoms with van der Waals surface area (Å²) in [7, 11) is 0. The minimum Gasteiger partial charge on any atom is -0.311 e. The average molecular weight is 270 g/mol.